The summed E-state index contributed by atoms with van der Waals surface area (Å²) in [7, 11) is 0. The van der Waals surface area contributed by atoms with Gasteiger partial charge in [0.25, 0.3) is 0 Å². The number of rotatable bonds is 2. The van der Waals surface area contributed by atoms with Gasteiger partial charge in [0.1, 0.15) is 5.54 Å². The average molecular weight is 286 g/mol. The molecule has 1 aromatic heterocycles. The molecule has 1 aromatic rings. The van der Waals surface area contributed by atoms with Crippen molar-refractivity contribution in [3.8, 4) is 0 Å². The Morgan fingerprint density at radius 3 is 2.60 bits per heavy atom. The van der Waals surface area contributed by atoms with E-state index in [0.717, 1.165) is 4.90 Å². The molecule has 0 radical (unpaired) electrons. The van der Waals surface area contributed by atoms with Crippen molar-refractivity contribution in [1.29, 1.82) is 0 Å². The summed E-state index contributed by atoms with van der Waals surface area (Å²) in [4.78, 5) is 19.8. The monoisotopic (exact) mass is 286 g/mol. The van der Waals surface area contributed by atoms with Gasteiger partial charge in [0.15, 0.2) is 11.9 Å². The lowest BCUT2D eigenvalue weighted by molar-refractivity contribution is -0.236. The molecule has 0 bridgehead atoms. The minimum Gasteiger partial charge on any atom is -0.331 e. The van der Waals surface area contributed by atoms with Crippen LogP contribution in [0.1, 0.15) is 12.2 Å². The lowest BCUT2D eigenvalue weighted by Crippen LogP contribution is -2.78. The molecule has 2 aliphatic heterocycles. The minimum absolute atomic E-state index is 0.102. The third-order valence-corrected chi connectivity index (χ3v) is 4.16. The molecule has 3 atom stereocenters. The van der Waals surface area contributed by atoms with Gasteiger partial charge in [0.05, 0.1) is 0 Å². The number of nitrogens with one attached hydrogen (secondary N) is 1. The Kier molecular flexibility index (Phi) is 2.93. The van der Waals surface area contributed by atoms with Crippen LogP contribution in [0.4, 0.5) is 13.2 Å². The van der Waals surface area contributed by atoms with Crippen molar-refractivity contribution in [2.75, 3.05) is 13.1 Å². The van der Waals surface area contributed by atoms with Gasteiger partial charge in [-0.05, 0) is 12.5 Å². The predicted molar refractivity (Wildman–Crippen MR) is 62.4 cm³/mol. The molecule has 0 spiro atoms. The van der Waals surface area contributed by atoms with E-state index in [4.69, 9.17) is 0 Å². The fraction of sp³-hybridized carbons (Fsp3) is 0.583. The molecule has 8 heteroatoms. The van der Waals surface area contributed by atoms with Gasteiger partial charge in [-0.15, -0.1) is 0 Å². The van der Waals surface area contributed by atoms with Crippen LogP contribution in [0.2, 0.25) is 0 Å². The first-order valence-corrected chi connectivity index (χ1v) is 6.30. The number of aromatic nitrogens is 2. The number of halogens is 3. The molecule has 0 saturated carbocycles. The van der Waals surface area contributed by atoms with E-state index in [9.17, 15) is 18.0 Å². The highest BCUT2D eigenvalue weighted by atomic mass is 19.4. The Morgan fingerprint density at radius 2 is 2.10 bits per heavy atom. The third-order valence-electron chi connectivity index (χ3n) is 4.16. The molecule has 1 N–H and O–H groups in total. The molecule has 20 heavy (non-hydrogen) atoms. The van der Waals surface area contributed by atoms with Gasteiger partial charge in [-0.25, -0.2) is 9.97 Å². The van der Waals surface area contributed by atoms with Gasteiger partial charge in [0, 0.05) is 31.4 Å². The number of alkyl halides is 3. The fourth-order valence-electron chi connectivity index (χ4n) is 3.27. The quantitative estimate of drug-likeness (QED) is 0.813. The highest BCUT2D eigenvalue weighted by Crippen LogP contribution is 2.49. The summed E-state index contributed by atoms with van der Waals surface area (Å²) in [5.41, 5.74) is -1.42. The van der Waals surface area contributed by atoms with Gasteiger partial charge in [-0.1, -0.05) is 0 Å². The number of piperidine rings is 1. The van der Waals surface area contributed by atoms with Crippen LogP contribution in [-0.4, -0.2) is 46.6 Å². The lowest BCUT2D eigenvalue weighted by Gasteiger charge is -2.59. The van der Waals surface area contributed by atoms with Crippen molar-refractivity contribution >= 4 is 6.41 Å². The number of hydrogen-bond donors (Lipinski definition) is 1. The number of amides is 1. The smallest absolute Gasteiger partial charge is 0.331 e. The lowest BCUT2D eigenvalue weighted by atomic mass is 9.65. The van der Waals surface area contributed by atoms with Crippen LogP contribution in [0.15, 0.2) is 18.5 Å². The Labute approximate surface area is 113 Å². The number of hydrogen-bond acceptors (Lipinski definition) is 4. The largest absolute Gasteiger partial charge is 0.411 e. The summed E-state index contributed by atoms with van der Waals surface area (Å²) in [5.74, 6) is -0.113. The Morgan fingerprint density at radius 1 is 1.40 bits per heavy atom. The van der Waals surface area contributed by atoms with Crippen LogP contribution in [0.5, 0.6) is 0 Å². The molecule has 2 fully saturated rings. The van der Waals surface area contributed by atoms with E-state index in [1.54, 1.807) is 6.07 Å². The van der Waals surface area contributed by atoms with Gasteiger partial charge < -0.3 is 10.2 Å². The highest BCUT2D eigenvalue weighted by molar-refractivity contribution is 5.50. The molecule has 108 valence electrons. The molecule has 1 amide bonds. The minimum atomic E-state index is -4.54. The van der Waals surface area contributed by atoms with E-state index >= 15 is 0 Å². The summed E-state index contributed by atoms with van der Waals surface area (Å²) < 4.78 is 40.4. The maximum Gasteiger partial charge on any atom is 0.411 e. The normalized spacial score (nSPS) is 33.2. The summed E-state index contributed by atoms with van der Waals surface area (Å²) in [5, 5.41) is 2.85. The van der Waals surface area contributed by atoms with Crippen molar-refractivity contribution < 1.29 is 18.0 Å². The molecule has 2 saturated heterocycles. The SMILES string of the molecule is O=CN1CCC2CNC2(c2ncccn2)C1C(F)(F)F. The number of fused-ring (bicyclic) bond motifs is 1. The van der Waals surface area contributed by atoms with E-state index in [1.165, 1.54) is 12.4 Å². The standard InChI is InChI=1S/C12H13F3N4O/c13-12(14,15)9-11(10-16-3-1-4-17-10)8(6-18-11)2-5-19(9)7-20/h1,3-4,7-9,18H,2,5-6H2. The number of carbonyl (C=O) groups is 1. The molecule has 2 aliphatic rings. The summed E-state index contributed by atoms with van der Waals surface area (Å²) in [6.07, 6.45) is -0.926. The Bertz CT molecular complexity index is 509. The zero-order chi connectivity index (χ0) is 14.4. The van der Waals surface area contributed by atoms with Crippen molar-refractivity contribution in [1.82, 2.24) is 20.2 Å². The Hall–Kier alpha value is -1.70. The van der Waals surface area contributed by atoms with Crippen LogP contribution >= 0.6 is 0 Å². The first-order valence-electron chi connectivity index (χ1n) is 6.30. The number of nitrogens with zero attached hydrogens (tertiary/aromatic N) is 3. The van der Waals surface area contributed by atoms with Gasteiger partial charge in [0.2, 0.25) is 6.41 Å². The van der Waals surface area contributed by atoms with Crippen molar-refractivity contribution in [3.63, 3.8) is 0 Å². The molecule has 3 unspecified atom stereocenters. The molecule has 5 nitrogen and oxygen atoms in total. The molecular weight excluding hydrogens is 273 g/mol. The van der Waals surface area contributed by atoms with Crippen LogP contribution in [0.25, 0.3) is 0 Å². The predicted octanol–water partition coefficient (Wildman–Crippen LogP) is 0.684. The van der Waals surface area contributed by atoms with Gasteiger partial charge >= 0.3 is 6.18 Å². The van der Waals surface area contributed by atoms with Crippen molar-refractivity contribution in [2.45, 2.75) is 24.2 Å². The van der Waals surface area contributed by atoms with Crippen LogP contribution < -0.4 is 5.32 Å². The summed E-state index contributed by atoms with van der Waals surface area (Å²) in [6.45, 7) is 0.589. The molecule has 0 aromatic carbocycles. The zero-order valence-electron chi connectivity index (χ0n) is 10.5. The van der Waals surface area contributed by atoms with Crippen LogP contribution in [0, 0.1) is 5.92 Å². The maximum absolute atomic E-state index is 13.5. The Balaban J connectivity index is 2.11. The van der Waals surface area contributed by atoms with E-state index < -0.39 is 17.8 Å². The van der Waals surface area contributed by atoms with Crippen molar-refractivity contribution in [3.05, 3.63) is 24.3 Å². The highest BCUT2D eigenvalue weighted by Gasteiger charge is 2.67. The number of likely N-dealkylation sites (tertiary alicyclic amines) is 1. The molecular formula is C12H13F3N4O. The topological polar surface area (TPSA) is 58.1 Å². The van der Waals surface area contributed by atoms with E-state index in [1.807, 2.05) is 0 Å². The van der Waals surface area contributed by atoms with E-state index in [2.05, 4.69) is 15.3 Å². The van der Waals surface area contributed by atoms with Crippen LogP contribution in [-0.2, 0) is 10.3 Å². The summed E-state index contributed by atoms with van der Waals surface area (Å²) in [6, 6.07) is -0.376. The second kappa shape index (κ2) is 4.41. The first kappa shape index (κ1) is 13.3. The zero-order valence-corrected chi connectivity index (χ0v) is 10.5. The number of carbonyl (C=O) groups excluding carboxylic acids is 1. The fourth-order valence-corrected chi connectivity index (χ4v) is 3.27. The van der Waals surface area contributed by atoms with E-state index in [0.29, 0.717) is 13.0 Å². The summed E-state index contributed by atoms with van der Waals surface area (Å²) >= 11 is 0. The molecule has 0 aliphatic carbocycles. The first-order chi connectivity index (χ1) is 9.50. The second-order valence-corrected chi connectivity index (χ2v) is 5.10. The van der Waals surface area contributed by atoms with Crippen LogP contribution in [0.3, 0.4) is 0 Å². The average Bonchev–Trinajstić information content (AvgIpc) is 2.39. The van der Waals surface area contributed by atoms with Gasteiger partial charge in [-0.2, -0.15) is 13.2 Å². The van der Waals surface area contributed by atoms with Crippen molar-refractivity contribution in [2.24, 2.45) is 5.92 Å². The van der Waals surface area contributed by atoms with Gasteiger partial charge in [-0.3, -0.25) is 4.79 Å². The second-order valence-electron chi connectivity index (χ2n) is 5.10. The third kappa shape index (κ3) is 1.71. The van der Waals surface area contributed by atoms with E-state index in [-0.39, 0.29) is 24.7 Å². The maximum atomic E-state index is 13.5. The molecule has 3 rings (SSSR count). The molecule has 3 heterocycles.